The number of nitrogens with two attached hydrogens (primary N) is 1. The Bertz CT molecular complexity index is 479. The molecule has 1 heterocycles. The van der Waals surface area contributed by atoms with E-state index in [9.17, 15) is 13.6 Å². The first-order chi connectivity index (χ1) is 8.52. The molecule has 2 N–H and O–H groups in total. The van der Waals surface area contributed by atoms with Crippen LogP contribution in [0.25, 0.3) is 0 Å². The van der Waals surface area contributed by atoms with E-state index in [0.29, 0.717) is 19.8 Å². The smallest absolute Gasteiger partial charge is 0.260 e. The Morgan fingerprint density at radius 2 is 2.22 bits per heavy atom. The second-order valence-electron chi connectivity index (χ2n) is 4.25. The molecule has 6 heteroatoms. The van der Waals surface area contributed by atoms with Crippen LogP contribution < -0.4 is 5.73 Å². The molecule has 1 aromatic carbocycles. The normalized spacial score (nSPS) is 19.9. The van der Waals surface area contributed by atoms with Crippen molar-refractivity contribution >= 4 is 11.6 Å². The summed E-state index contributed by atoms with van der Waals surface area (Å²) in [6.07, 6.45) is 0. The van der Waals surface area contributed by atoms with E-state index < -0.39 is 23.1 Å². The van der Waals surface area contributed by atoms with Gasteiger partial charge in [0.05, 0.1) is 24.9 Å². The number of amides is 1. The largest absolute Gasteiger partial charge is 0.396 e. The van der Waals surface area contributed by atoms with Crippen molar-refractivity contribution in [1.29, 1.82) is 0 Å². The van der Waals surface area contributed by atoms with Gasteiger partial charge in [-0.25, -0.2) is 8.78 Å². The summed E-state index contributed by atoms with van der Waals surface area (Å²) in [5.41, 5.74) is 4.53. The van der Waals surface area contributed by atoms with Crippen molar-refractivity contribution in [3.8, 4) is 0 Å². The number of benzene rings is 1. The fourth-order valence-electron chi connectivity index (χ4n) is 1.94. The lowest BCUT2D eigenvalue weighted by Gasteiger charge is -2.33. The highest BCUT2D eigenvalue weighted by molar-refractivity contribution is 5.96. The van der Waals surface area contributed by atoms with Gasteiger partial charge >= 0.3 is 0 Å². The quantitative estimate of drug-likeness (QED) is 0.773. The fourth-order valence-corrected chi connectivity index (χ4v) is 1.94. The van der Waals surface area contributed by atoms with Crippen LogP contribution >= 0.6 is 0 Å². The Balaban J connectivity index is 2.36. The molecule has 1 fully saturated rings. The molecular weight excluding hydrogens is 242 g/mol. The van der Waals surface area contributed by atoms with Crippen molar-refractivity contribution in [2.24, 2.45) is 0 Å². The van der Waals surface area contributed by atoms with Gasteiger partial charge in [-0.05, 0) is 19.1 Å². The number of ether oxygens (including phenoxy) is 1. The highest BCUT2D eigenvalue weighted by atomic mass is 19.1. The van der Waals surface area contributed by atoms with Gasteiger partial charge in [0, 0.05) is 6.54 Å². The van der Waals surface area contributed by atoms with Gasteiger partial charge in [-0.3, -0.25) is 4.79 Å². The first kappa shape index (κ1) is 12.8. The maximum Gasteiger partial charge on any atom is 0.260 e. The Morgan fingerprint density at radius 1 is 1.50 bits per heavy atom. The van der Waals surface area contributed by atoms with E-state index in [1.165, 1.54) is 4.90 Å². The standard InChI is InChI=1S/C12H14F2N2O2/c1-7-6-18-5-4-16(7)12(17)10-8(13)2-3-9(15)11(10)14/h2-3,7H,4-6,15H2,1H3. The maximum absolute atomic E-state index is 13.8. The minimum absolute atomic E-state index is 0.216. The van der Waals surface area contributed by atoms with Gasteiger partial charge in [0.15, 0.2) is 5.82 Å². The summed E-state index contributed by atoms with van der Waals surface area (Å²) < 4.78 is 32.5. The van der Waals surface area contributed by atoms with E-state index in [1.807, 2.05) is 0 Å². The van der Waals surface area contributed by atoms with Crippen molar-refractivity contribution < 1.29 is 18.3 Å². The number of hydrogen-bond donors (Lipinski definition) is 1. The van der Waals surface area contributed by atoms with Crippen LogP contribution in [-0.4, -0.2) is 36.6 Å². The first-order valence-corrected chi connectivity index (χ1v) is 5.64. The molecule has 1 aromatic rings. The van der Waals surface area contributed by atoms with Crippen LogP contribution in [-0.2, 0) is 4.74 Å². The third-order valence-electron chi connectivity index (χ3n) is 2.96. The molecule has 1 aliphatic rings. The lowest BCUT2D eigenvalue weighted by atomic mass is 10.1. The first-order valence-electron chi connectivity index (χ1n) is 5.64. The highest BCUT2D eigenvalue weighted by Crippen LogP contribution is 2.22. The summed E-state index contributed by atoms with van der Waals surface area (Å²) in [6, 6.07) is 1.88. The number of morpholine rings is 1. The van der Waals surface area contributed by atoms with Gasteiger partial charge in [0.25, 0.3) is 5.91 Å². The van der Waals surface area contributed by atoms with Crippen molar-refractivity contribution in [3.05, 3.63) is 29.3 Å². The second-order valence-corrected chi connectivity index (χ2v) is 4.25. The summed E-state index contributed by atoms with van der Waals surface area (Å²) in [4.78, 5) is 13.5. The molecule has 1 atom stereocenters. The summed E-state index contributed by atoms with van der Waals surface area (Å²) in [7, 11) is 0. The molecule has 2 rings (SSSR count). The lowest BCUT2D eigenvalue weighted by Crippen LogP contribution is -2.47. The number of carbonyl (C=O) groups is 1. The zero-order valence-electron chi connectivity index (χ0n) is 9.95. The molecule has 0 aliphatic carbocycles. The van der Waals surface area contributed by atoms with Crippen molar-refractivity contribution in [3.63, 3.8) is 0 Å². The number of anilines is 1. The van der Waals surface area contributed by atoms with Crippen molar-refractivity contribution in [1.82, 2.24) is 4.90 Å². The second kappa shape index (κ2) is 4.89. The van der Waals surface area contributed by atoms with Crippen LogP contribution in [0.5, 0.6) is 0 Å². The summed E-state index contributed by atoms with van der Waals surface area (Å²) in [5, 5.41) is 0. The molecule has 0 aromatic heterocycles. The van der Waals surface area contributed by atoms with Gasteiger partial charge in [0.2, 0.25) is 0 Å². The van der Waals surface area contributed by atoms with Crippen molar-refractivity contribution in [2.75, 3.05) is 25.5 Å². The summed E-state index contributed by atoms with van der Waals surface area (Å²) in [6.45, 7) is 2.80. The molecule has 0 bridgehead atoms. The zero-order chi connectivity index (χ0) is 13.3. The molecule has 1 unspecified atom stereocenters. The molecule has 0 spiro atoms. The van der Waals surface area contributed by atoms with E-state index >= 15 is 0 Å². The SMILES string of the molecule is CC1COCCN1C(=O)c1c(F)ccc(N)c1F. The average Bonchev–Trinajstić information content (AvgIpc) is 2.35. The van der Waals surface area contributed by atoms with Crippen LogP contribution in [0.15, 0.2) is 12.1 Å². The molecule has 1 amide bonds. The maximum atomic E-state index is 13.8. The molecule has 18 heavy (non-hydrogen) atoms. The van der Waals surface area contributed by atoms with E-state index in [4.69, 9.17) is 10.5 Å². The number of nitrogen functional groups attached to an aromatic ring is 1. The minimum Gasteiger partial charge on any atom is -0.396 e. The molecule has 1 saturated heterocycles. The molecule has 98 valence electrons. The van der Waals surface area contributed by atoms with Crippen LogP contribution in [0.1, 0.15) is 17.3 Å². The van der Waals surface area contributed by atoms with Gasteiger partial charge in [0.1, 0.15) is 11.4 Å². The topological polar surface area (TPSA) is 55.6 Å². The summed E-state index contributed by atoms with van der Waals surface area (Å²) >= 11 is 0. The predicted molar refractivity (Wildman–Crippen MR) is 62.1 cm³/mol. The Labute approximate surface area is 103 Å². The van der Waals surface area contributed by atoms with Gasteiger partial charge < -0.3 is 15.4 Å². The fraction of sp³-hybridized carbons (Fsp3) is 0.417. The summed E-state index contributed by atoms with van der Waals surface area (Å²) in [5.74, 6) is -2.59. The average molecular weight is 256 g/mol. The monoisotopic (exact) mass is 256 g/mol. The number of rotatable bonds is 1. The Kier molecular flexibility index (Phi) is 3.47. The molecular formula is C12H14F2N2O2. The van der Waals surface area contributed by atoms with Crippen LogP contribution in [0.3, 0.4) is 0 Å². The van der Waals surface area contributed by atoms with E-state index in [1.54, 1.807) is 6.92 Å². The molecule has 0 saturated carbocycles. The zero-order valence-corrected chi connectivity index (χ0v) is 9.95. The molecule has 1 aliphatic heterocycles. The van der Waals surface area contributed by atoms with E-state index in [0.717, 1.165) is 12.1 Å². The number of hydrogen-bond acceptors (Lipinski definition) is 3. The van der Waals surface area contributed by atoms with Crippen LogP contribution in [0.4, 0.5) is 14.5 Å². The van der Waals surface area contributed by atoms with Crippen LogP contribution in [0, 0.1) is 11.6 Å². The van der Waals surface area contributed by atoms with E-state index in [2.05, 4.69) is 0 Å². The Hall–Kier alpha value is -1.69. The third-order valence-corrected chi connectivity index (χ3v) is 2.96. The van der Waals surface area contributed by atoms with Gasteiger partial charge in [-0.15, -0.1) is 0 Å². The minimum atomic E-state index is -1.00. The van der Waals surface area contributed by atoms with Crippen LogP contribution in [0.2, 0.25) is 0 Å². The van der Waals surface area contributed by atoms with Gasteiger partial charge in [-0.2, -0.15) is 0 Å². The highest BCUT2D eigenvalue weighted by Gasteiger charge is 2.29. The lowest BCUT2D eigenvalue weighted by molar-refractivity contribution is 0.00309. The van der Waals surface area contributed by atoms with E-state index in [-0.39, 0.29) is 11.7 Å². The molecule has 0 radical (unpaired) electrons. The number of halogens is 2. The Morgan fingerprint density at radius 3 is 2.89 bits per heavy atom. The third kappa shape index (κ3) is 2.15. The number of nitrogens with zero attached hydrogens (tertiary/aromatic N) is 1. The van der Waals surface area contributed by atoms with Gasteiger partial charge in [-0.1, -0.05) is 0 Å². The molecule has 4 nitrogen and oxygen atoms in total. The number of carbonyl (C=O) groups excluding carboxylic acids is 1. The predicted octanol–water partition coefficient (Wildman–Crippen LogP) is 1.41. The van der Waals surface area contributed by atoms with Crippen molar-refractivity contribution in [2.45, 2.75) is 13.0 Å².